The molecule has 0 aromatic heterocycles. The molecule has 0 amide bonds. The SMILES string of the molecule is CC(=O)c1cccc(C2=CC=CC2(C)Cc2ccccc2)c1. The molecule has 0 radical (unpaired) electrons. The van der Waals surface area contributed by atoms with Gasteiger partial charge in [0.05, 0.1) is 0 Å². The van der Waals surface area contributed by atoms with Gasteiger partial charge in [0.25, 0.3) is 0 Å². The zero-order chi connectivity index (χ0) is 15.6. The predicted molar refractivity (Wildman–Crippen MR) is 91.8 cm³/mol. The molecule has 1 atom stereocenters. The minimum absolute atomic E-state index is 0.0310. The summed E-state index contributed by atoms with van der Waals surface area (Å²) in [7, 11) is 0. The highest BCUT2D eigenvalue weighted by Gasteiger charge is 2.30. The third kappa shape index (κ3) is 2.80. The largest absolute Gasteiger partial charge is 0.295 e. The first-order chi connectivity index (χ1) is 10.6. The highest BCUT2D eigenvalue weighted by molar-refractivity contribution is 5.95. The first-order valence-corrected chi connectivity index (χ1v) is 7.64. The fraction of sp³-hybridized carbons (Fsp3) is 0.190. The molecule has 2 aromatic carbocycles. The molecule has 0 spiro atoms. The molecule has 0 aliphatic heterocycles. The van der Waals surface area contributed by atoms with E-state index in [4.69, 9.17) is 0 Å². The first-order valence-electron chi connectivity index (χ1n) is 7.64. The van der Waals surface area contributed by atoms with Crippen LogP contribution in [0.1, 0.15) is 35.3 Å². The molecule has 0 fully saturated rings. The minimum Gasteiger partial charge on any atom is -0.295 e. The van der Waals surface area contributed by atoms with E-state index in [1.165, 1.54) is 11.1 Å². The number of carbonyl (C=O) groups is 1. The van der Waals surface area contributed by atoms with Crippen LogP contribution in [0.4, 0.5) is 0 Å². The number of ketones is 1. The average molecular weight is 288 g/mol. The lowest BCUT2D eigenvalue weighted by Gasteiger charge is -2.27. The number of hydrogen-bond acceptors (Lipinski definition) is 1. The Morgan fingerprint density at radius 3 is 2.55 bits per heavy atom. The van der Waals surface area contributed by atoms with Gasteiger partial charge in [-0.15, -0.1) is 0 Å². The van der Waals surface area contributed by atoms with Gasteiger partial charge >= 0.3 is 0 Å². The van der Waals surface area contributed by atoms with Crippen LogP contribution in [0.5, 0.6) is 0 Å². The van der Waals surface area contributed by atoms with Crippen molar-refractivity contribution in [2.24, 2.45) is 5.41 Å². The third-order valence-electron chi connectivity index (χ3n) is 4.34. The highest BCUT2D eigenvalue weighted by Crippen LogP contribution is 2.43. The van der Waals surface area contributed by atoms with Crippen molar-refractivity contribution in [1.82, 2.24) is 0 Å². The van der Waals surface area contributed by atoms with Crippen molar-refractivity contribution in [2.75, 3.05) is 0 Å². The Kier molecular flexibility index (Phi) is 3.81. The second-order valence-electron chi connectivity index (χ2n) is 6.16. The monoisotopic (exact) mass is 288 g/mol. The quantitative estimate of drug-likeness (QED) is 0.716. The number of rotatable bonds is 4. The van der Waals surface area contributed by atoms with Crippen molar-refractivity contribution in [3.8, 4) is 0 Å². The van der Waals surface area contributed by atoms with Crippen LogP contribution in [0.3, 0.4) is 0 Å². The molecule has 0 N–H and O–H groups in total. The summed E-state index contributed by atoms with van der Waals surface area (Å²) >= 11 is 0. The number of benzene rings is 2. The van der Waals surface area contributed by atoms with Gasteiger partial charge in [-0.2, -0.15) is 0 Å². The summed E-state index contributed by atoms with van der Waals surface area (Å²) in [5, 5.41) is 0. The maximum Gasteiger partial charge on any atom is 0.159 e. The summed E-state index contributed by atoms with van der Waals surface area (Å²) in [6, 6.07) is 18.5. The van der Waals surface area contributed by atoms with Gasteiger partial charge in [0.2, 0.25) is 0 Å². The zero-order valence-electron chi connectivity index (χ0n) is 13.0. The minimum atomic E-state index is -0.0310. The number of Topliss-reactive ketones (excluding diaryl/α,β-unsaturated/α-hetero) is 1. The number of allylic oxidation sites excluding steroid dienone is 4. The topological polar surface area (TPSA) is 17.1 Å². The zero-order valence-corrected chi connectivity index (χ0v) is 13.0. The Hall–Kier alpha value is -2.41. The molecule has 0 saturated heterocycles. The van der Waals surface area contributed by atoms with Crippen LogP contribution in [-0.2, 0) is 6.42 Å². The summed E-state index contributed by atoms with van der Waals surface area (Å²) in [4.78, 5) is 11.6. The smallest absolute Gasteiger partial charge is 0.159 e. The van der Waals surface area contributed by atoms with Gasteiger partial charge in [0, 0.05) is 11.0 Å². The molecule has 2 aromatic rings. The molecule has 110 valence electrons. The van der Waals surface area contributed by atoms with Crippen LogP contribution in [0.2, 0.25) is 0 Å². The van der Waals surface area contributed by atoms with Crippen molar-refractivity contribution in [1.29, 1.82) is 0 Å². The van der Waals surface area contributed by atoms with E-state index in [0.717, 1.165) is 17.5 Å². The van der Waals surface area contributed by atoms with E-state index in [-0.39, 0.29) is 11.2 Å². The van der Waals surface area contributed by atoms with Crippen LogP contribution in [0.25, 0.3) is 5.57 Å². The van der Waals surface area contributed by atoms with E-state index < -0.39 is 0 Å². The average Bonchev–Trinajstić information content (AvgIpc) is 2.89. The number of carbonyl (C=O) groups excluding carboxylic acids is 1. The second kappa shape index (κ2) is 5.76. The molecule has 1 aliphatic carbocycles. The second-order valence-corrected chi connectivity index (χ2v) is 6.16. The third-order valence-corrected chi connectivity index (χ3v) is 4.34. The summed E-state index contributed by atoms with van der Waals surface area (Å²) in [5.74, 6) is 0.109. The van der Waals surface area contributed by atoms with Crippen LogP contribution in [0.15, 0.2) is 72.8 Å². The fourth-order valence-corrected chi connectivity index (χ4v) is 3.14. The van der Waals surface area contributed by atoms with Crippen molar-refractivity contribution in [3.63, 3.8) is 0 Å². The van der Waals surface area contributed by atoms with Crippen molar-refractivity contribution >= 4 is 11.4 Å². The van der Waals surface area contributed by atoms with Gasteiger partial charge in [-0.05, 0) is 36.1 Å². The molecule has 1 nitrogen and oxygen atoms in total. The van der Waals surface area contributed by atoms with Crippen molar-refractivity contribution in [3.05, 3.63) is 89.5 Å². The van der Waals surface area contributed by atoms with E-state index in [9.17, 15) is 4.79 Å². The summed E-state index contributed by atoms with van der Waals surface area (Å²) in [5.41, 5.74) is 4.48. The molecular formula is C21H20O. The standard InChI is InChI=1S/C21H20O/c1-16(22)18-10-6-11-19(14-18)20-12-7-13-21(20,2)15-17-8-4-3-5-9-17/h3-14H,15H2,1-2H3. The van der Waals surface area contributed by atoms with E-state index >= 15 is 0 Å². The van der Waals surface area contributed by atoms with Crippen LogP contribution < -0.4 is 0 Å². The maximum absolute atomic E-state index is 11.6. The molecule has 1 heteroatoms. The summed E-state index contributed by atoms with van der Waals surface area (Å²) in [6.45, 7) is 3.87. The van der Waals surface area contributed by atoms with Gasteiger partial charge in [-0.25, -0.2) is 0 Å². The van der Waals surface area contributed by atoms with Crippen molar-refractivity contribution in [2.45, 2.75) is 20.3 Å². The highest BCUT2D eigenvalue weighted by atomic mass is 16.1. The van der Waals surface area contributed by atoms with Crippen LogP contribution in [0, 0.1) is 5.41 Å². The fourth-order valence-electron chi connectivity index (χ4n) is 3.14. The molecule has 0 bridgehead atoms. The Balaban J connectivity index is 1.94. The number of hydrogen-bond donors (Lipinski definition) is 0. The van der Waals surface area contributed by atoms with Gasteiger partial charge < -0.3 is 0 Å². The summed E-state index contributed by atoms with van der Waals surface area (Å²) in [6.07, 6.45) is 7.51. The summed E-state index contributed by atoms with van der Waals surface area (Å²) < 4.78 is 0. The Bertz CT molecular complexity index is 752. The lowest BCUT2D eigenvalue weighted by atomic mass is 9.76. The van der Waals surface area contributed by atoms with E-state index in [1.54, 1.807) is 6.92 Å². The molecule has 22 heavy (non-hydrogen) atoms. The lowest BCUT2D eigenvalue weighted by Crippen LogP contribution is -2.17. The van der Waals surface area contributed by atoms with Crippen LogP contribution in [-0.4, -0.2) is 5.78 Å². The van der Waals surface area contributed by atoms with E-state index in [0.29, 0.717) is 0 Å². The Morgan fingerprint density at radius 2 is 1.82 bits per heavy atom. The molecule has 0 heterocycles. The molecule has 1 aliphatic rings. The lowest BCUT2D eigenvalue weighted by molar-refractivity contribution is 0.101. The predicted octanol–water partition coefficient (Wildman–Crippen LogP) is 5.09. The van der Waals surface area contributed by atoms with Gasteiger partial charge in [0.15, 0.2) is 5.78 Å². The molecule has 3 rings (SSSR count). The Morgan fingerprint density at radius 1 is 1.05 bits per heavy atom. The normalized spacial score (nSPS) is 20.0. The van der Waals surface area contributed by atoms with E-state index in [1.807, 2.05) is 24.3 Å². The van der Waals surface area contributed by atoms with E-state index in [2.05, 4.69) is 55.5 Å². The maximum atomic E-state index is 11.6. The van der Waals surface area contributed by atoms with Crippen LogP contribution >= 0.6 is 0 Å². The van der Waals surface area contributed by atoms with Gasteiger partial charge in [-0.3, -0.25) is 4.79 Å². The molecular weight excluding hydrogens is 268 g/mol. The molecule has 1 unspecified atom stereocenters. The van der Waals surface area contributed by atoms with Gasteiger partial charge in [0.1, 0.15) is 0 Å². The van der Waals surface area contributed by atoms with Crippen molar-refractivity contribution < 1.29 is 4.79 Å². The van der Waals surface area contributed by atoms with Gasteiger partial charge in [-0.1, -0.05) is 73.7 Å². The molecule has 0 saturated carbocycles. The first kappa shape index (κ1) is 14.5. The Labute approximate surface area is 132 Å².